The summed E-state index contributed by atoms with van der Waals surface area (Å²) in [4.78, 5) is 15.7. The molecule has 1 heterocycles. The summed E-state index contributed by atoms with van der Waals surface area (Å²) in [6, 6.07) is 11.7. The molecule has 2 rings (SSSR count). The molecule has 3 nitrogen and oxygen atoms in total. The summed E-state index contributed by atoms with van der Waals surface area (Å²) in [5.41, 5.74) is 2.38. The van der Waals surface area contributed by atoms with Gasteiger partial charge in [-0.2, -0.15) is 0 Å². The largest absolute Gasteiger partial charge is 0.356 e. The fourth-order valence-corrected chi connectivity index (χ4v) is 2.19. The smallest absolute Gasteiger partial charge is 0.220 e. The number of benzene rings is 1. The van der Waals surface area contributed by atoms with Crippen molar-refractivity contribution in [3.63, 3.8) is 0 Å². The molecule has 0 aliphatic heterocycles. The van der Waals surface area contributed by atoms with Gasteiger partial charge in [0.1, 0.15) is 0 Å². The first kappa shape index (κ1) is 15.5. The number of nitrogens with zero attached hydrogens (tertiary/aromatic N) is 1. The molecular weight excluding hydrogens is 284 g/mol. The summed E-state index contributed by atoms with van der Waals surface area (Å²) in [6.45, 7) is 0.706. The first-order valence-electron chi connectivity index (χ1n) is 7.14. The van der Waals surface area contributed by atoms with Crippen LogP contribution in [0.3, 0.4) is 0 Å². The van der Waals surface area contributed by atoms with Crippen LogP contribution in [0.5, 0.6) is 0 Å². The predicted octanol–water partition coefficient (Wildman–Crippen LogP) is 3.42. The molecule has 110 valence electrons. The van der Waals surface area contributed by atoms with Crippen LogP contribution >= 0.6 is 11.6 Å². The molecule has 0 fully saturated rings. The molecule has 0 saturated heterocycles. The van der Waals surface area contributed by atoms with E-state index in [4.69, 9.17) is 11.6 Å². The Labute approximate surface area is 130 Å². The third-order valence-corrected chi connectivity index (χ3v) is 3.52. The Hall–Kier alpha value is -1.87. The van der Waals surface area contributed by atoms with E-state index < -0.39 is 0 Å². The Morgan fingerprint density at radius 1 is 1.00 bits per heavy atom. The van der Waals surface area contributed by atoms with Gasteiger partial charge in [-0.05, 0) is 54.7 Å². The van der Waals surface area contributed by atoms with Crippen LogP contribution in [0.4, 0.5) is 0 Å². The normalized spacial score (nSPS) is 10.3. The van der Waals surface area contributed by atoms with E-state index in [-0.39, 0.29) is 5.91 Å². The first-order chi connectivity index (χ1) is 10.2. The van der Waals surface area contributed by atoms with Gasteiger partial charge in [0.2, 0.25) is 5.91 Å². The van der Waals surface area contributed by atoms with E-state index in [1.54, 1.807) is 12.4 Å². The van der Waals surface area contributed by atoms with Crippen molar-refractivity contribution in [3.8, 4) is 0 Å². The fourth-order valence-electron chi connectivity index (χ4n) is 2.07. The Balaban J connectivity index is 1.60. The Bertz CT molecular complexity index is 555. The number of rotatable bonds is 7. The van der Waals surface area contributed by atoms with Gasteiger partial charge in [0.25, 0.3) is 0 Å². The van der Waals surface area contributed by atoms with Crippen LogP contribution in [0.25, 0.3) is 0 Å². The van der Waals surface area contributed by atoms with E-state index in [0.29, 0.717) is 13.0 Å². The quantitative estimate of drug-likeness (QED) is 0.796. The standard InChI is InChI=1S/C17H19ClN2O/c18-16-6-3-14(4-7-16)2-1-11-20-17(21)8-5-15-9-12-19-13-10-15/h3-4,6-7,9-10,12-13H,1-2,5,8,11H2,(H,20,21). The average Bonchev–Trinajstić information content (AvgIpc) is 2.52. The van der Waals surface area contributed by atoms with Gasteiger partial charge >= 0.3 is 0 Å². The van der Waals surface area contributed by atoms with E-state index in [1.165, 1.54) is 5.56 Å². The Morgan fingerprint density at radius 2 is 1.67 bits per heavy atom. The van der Waals surface area contributed by atoms with Crippen LogP contribution < -0.4 is 5.32 Å². The highest BCUT2D eigenvalue weighted by Crippen LogP contribution is 2.10. The van der Waals surface area contributed by atoms with Crippen LogP contribution in [-0.2, 0) is 17.6 Å². The lowest BCUT2D eigenvalue weighted by Gasteiger charge is -2.05. The topological polar surface area (TPSA) is 42.0 Å². The summed E-state index contributed by atoms with van der Waals surface area (Å²) >= 11 is 5.84. The van der Waals surface area contributed by atoms with Gasteiger partial charge in [0, 0.05) is 30.4 Å². The molecule has 1 aromatic heterocycles. The number of halogens is 1. The van der Waals surface area contributed by atoms with E-state index in [1.807, 2.05) is 36.4 Å². The summed E-state index contributed by atoms with van der Waals surface area (Å²) in [6.07, 6.45) is 6.65. The molecule has 1 amide bonds. The number of carbonyl (C=O) groups is 1. The van der Waals surface area contributed by atoms with E-state index in [2.05, 4.69) is 10.3 Å². The van der Waals surface area contributed by atoms with E-state index in [9.17, 15) is 4.79 Å². The lowest BCUT2D eigenvalue weighted by atomic mass is 10.1. The average molecular weight is 303 g/mol. The molecule has 2 aromatic rings. The van der Waals surface area contributed by atoms with Gasteiger partial charge in [-0.3, -0.25) is 9.78 Å². The van der Waals surface area contributed by atoms with Crippen molar-refractivity contribution in [2.24, 2.45) is 0 Å². The highest BCUT2D eigenvalue weighted by molar-refractivity contribution is 6.30. The lowest BCUT2D eigenvalue weighted by Crippen LogP contribution is -2.24. The molecule has 0 radical (unpaired) electrons. The number of nitrogens with one attached hydrogen (secondary N) is 1. The Kier molecular flexibility index (Phi) is 6.22. The number of pyridine rings is 1. The SMILES string of the molecule is O=C(CCc1ccncc1)NCCCc1ccc(Cl)cc1. The minimum absolute atomic E-state index is 0.0999. The molecular formula is C17H19ClN2O. The highest BCUT2D eigenvalue weighted by atomic mass is 35.5. The van der Waals surface area contributed by atoms with Crippen molar-refractivity contribution in [2.75, 3.05) is 6.54 Å². The van der Waals surface area contributed by atoms with Crippen LogP contribution in [0.1, 0.15) is 24.0 Å². The zero-order chi connectivity index (χ0) is 14.9. The fraction of sp³-hybridized carbons (Fsp3) is 0.294. The zero-order valence-electron chi connectivity index (χ0n) is 11.9. The molecule has 0 saturated carbocycles. The van der Waals surface area contributed by atoms with Crippen molar-refractivity contribution in [1.82, 2.24) is 10.3 Å². The number of hydrogen-bond acceptors (Lipinski definition) is 2. The van der Waals surface area contributed by atoms with Gasteiger partial charge in [-0.15, -0.1) is 0 Å². The molecule has 21 heavy (non-hydrogen) atoms. The molecule has 1 aromatic carbocycles. The molecule has 0 aliphatic carbocycles. The second-order valence-corrected chi connectivity index (χ2v) is 5.37. The van der Waals surface area contributed by atoms with Crippen molar-refractivity contribution >= 4 is 17.5 Å². The monoisotopic (exact) mass is 302 g/mol. The molecule has 0 spiro atoms. The maximum Gasteiger partial charge on any atom is 0.220 e. The van der Waals surface area contributed by atoms with E-state index >= 15 is 0 Å². The van der Waals surface area contributed by atoms with Crippen LogP contribution in [0.2, 0.25) is 5.02 Å². The van der Waals surface area contributed by atoms with Crippen molar-refractivity contribution in [1.29, 1.82) is 0 Å². The third kappa shape index (κ3) is 5.96. The maximum absolute atomic E-state index is 11.7. The van der Waals surface area contributed by atoms with Gasteiger partial charge < -0.3 is 5.32 Å². The molecule has 1 N–H and O–H groups in total. The van der Waals surface area contributed by atoms with Crippen molar-refractivity contribution < 1.29 is 4.79 Å². The molecule has 4 heteroatoms. The summed E-state index contributed by atoms with van der Waals surface area (Å²) in [5, 5.41) is 3.71. The summed E-state index contributed by atoms with van der Waals surface area (Å²) in [7, 11) is 0. The number of carbonyl (C=O) groups excluding carboxylic acids is 1. The van der Waals surface area contributed by atoms with Crippen LogP contribution in [-0.4, -0.2) is 17.4 Å². The van der Waals surface area contributed by atoms with Crippen LogP contribution in [0.15, 0.2) is 48.8 Å². The minimum Gasteiger partial charge on any atom is -0.356 e. The van der Waals surface area contributed by atoms with Crippen LogP contribution in [0, 0.1) is 0 Å². The molecule has 0 aliphatic rings. The molecule has 0 unspecified atom stereocenters. The summed E-state index contributed by atoms with van der Waals surface area (Å²) < 4.78 is 0. The molecule has 0 bridgehead atoms. The number of hydrogen-bond donors (Lipinski definition) is 1. The maximum atomic E-state index is 11.7. The summed E-state index contributed by atoms with van der Waals surface area (Å²) in [5.74, 6) is 0.0999. The van der Waals surface area contributed by atoms with Gasteiger partial charge in [-0.1, -0.05) is 23.7 Å². The number of aryl methyl sites for hydroxylation is 2. The lowest BCUT2D eigenvalue weighted by molar-refractivity contribution is -0.121. The van der Waals surface area contributed by atoms with Gasteiger partial charge in [0.05, 0.1) is 0 Å². The Morgan fingerprint density at radius 3 is 2.38 bits per heavy atom. The van der Waals surface area contributed by atoms with Crippen molar-refractivity contribution in [2.45, 2.75) is 25.7 Å². The van der Waals surface area contributed by atoms with Gasteiger partial charge in [-0.25, -0.2) is 0 Å². The number of aromatic nitrogens is 1. The van der Waals surface area contributed by atoms with E-state index in [0.717, 1.165) is 29.8 Å². The predicted molar refractivity (Wildman–Crippen MR) is 85.3 cm³/mol. The zero-order valence-corrected chi connectivity index (χ0v) is 12.6. The van der Waals surface area contributed by atoms with Gasteiger partial charge in [0.15, 0.2) is 0 Å². The minimum atomic E-state index is 0.0999. The van der Waals surface area contributed by atoms with Crippen molar-refractivity contribution in [3.05, 3.63) is 64.9 Å². The number of amides is 1. The first-order valence-corrected chi connectivity index (χ1v) is 7.52. The second-order valence-electron chi connectivity index (χ2n) is 4.94. The second kappa shape index (κ2) is 8.42. The third-order valence-electron chi connectivity index (χ3n) is 3.27. The highest BCUT2D eigenvalue weighted by Gasteiger charge is 2.01. The molecule has 0 atom stereocenters.